The lowest BCUT2D eigenvalue weighted by molar-refractivity contribution is 0.485. The van der Waals surface area contributed by atoms with Gasteiger partial charge in [0.2, 0.25) is 0 Å². The van der Waals surface area contributed by atoms with Gasteiger partial charge in [0.15, 0.2) is 0 Å². The first kappa shape index (κ1) is 17.2. The van der Waals surface area contributed by atoms with Crippen molar-refractivity contribution in [3.63, 3.8) is 0 Å². The van der Waals surface area contributed by atoms with Crippen LogP contribution in [0.15, 0.2) is 43.5 Å². The van der Waals surface area contributed by atoms with Gasteiger partial charge in [-0.25, -0.2) is 0 Å². The largest absolute Gasteiger partial charge is 0.0589 e. The molecule has 6 atom stereocenters. The molecule has 0 saturated heterocycles. The maximum atomic E-state index is 2.53. The second kappa shape index (κ2) is 4.75. The second-order valence-electron chi connectivity index (χ2n) is 8.86. The highest BCUT2D eigenvalue weighted by molar-refractivity contribution is 7.73. The molecule has 4 aliphatic rings. The fourth-order valence-corrected chi connectivity index (χ4v) is 14.4. The molecular formula is C22H32P2. The predicted molar refractivity (Wildman–Crippen MR) is 111 cm³/mol. The van der Waals surface area contributed by atoms with Gasteiger partial charge in [0.25, 0.3) is 0 Å². The van der Waals surface area contributed by atoms with E-state index < -0.39 is 0 Å². The standard InChI is InChI=1S/C22H32P2/c1-11-15(5)23-17(7)21(11,9)13(3)19(23)20-14(4)22(10)12(2)16(6)24(20)18(22)8/h17-18H,1-10H3/t17?,18?,21-,22+,23?,24?. The van der Waals surface area contributed by atoms with Crippen molar-refractivity contribution in [3.05, 3.63) is 43.5 Å². The maximum absolute atomic E-state index is 2.53. The zero-order chi connectivity index (χ0) is 17.9. The molecular weight excluding hydrogens is 326 g/mol. The number of rotatable bonds is 1. The Morgan fingerprint density at radius 2 is 0.875 bits per heavy atom. The summed E-state index contributed by atoms with van der Waals surface area (Å²) in [6, 6.07) is 0. The highest BCUT2D eigenvalue weighted by atomic mass is 31.1. The minimum absolute atomic E-state index is 0.111. The Hall–Kier alpha value is -0.180. The molecule has 0 fully saturated rings. The van der Waals surface area contributed by atoms with Crippen molar-refractivity contribution in [2.75, 3.05) is 0 Å². The van der Waals surface area contributed by atoms with Crippen LogP contribution in [0.5, 0.6) is 0 Å². The van der Waals surface area contributed by atoms with Crippen molar-refractivity contribution in [1.29, 1.82) is 0 Å². The summed E-state index contributed by atoms with van der Waals surface area (Å²) in [6.07, 6.45) is 0. The molecule has 0 amide bonds. The molecule has 4 aliphatic heterocycles. The van der Waals surface area contributed by atoms with Gasteiger partial charge in [0.1, 0.15) is 0 Å². The molecule has 4 unspecified atom stereocenters. The van der Waals surface area contributed by atoms with E-state index in [4.69, 9.17) is 0 Å². The predicted octanol–water partition coefficient (Wildman–Crippen LogP) is 7.93. The summed E-state index contributed by atoms with van der Waals surface area (Å²) in [5.74, 6) is 0. The Kier molecular flexibility index (Phi) is 3.41. The molecule has 0 radical (unpaired) electrons. The molecule has 130 valence electrons. The molecule has 24 heavy (non-hydrogen) atoms. The molecule has 4 heterocycles. The Bertz CT molecular complexity index is 738. The van der Waals surface area contributed by atoms with Gasteiger partial charge in [-0.15, -0.1) is 0 Å². The Morgan fingerprint density at radius 1 is 0.583 bits per heavy atom. The third-order valence-corrected chi connectivity index (χ3v) is 15.7. The summed E-state index contributed by atoms with van der Waals surface area (Å²) in [5, 5.41) is 7.12. The summed E-state index contributed by atoms with van der Waals surface area (Å²) in [4.78, 5) is 0. The normalized spacial score (nSPS) is 47.2. The number of hydrogen-bond donors (Lipinski definition) is 0. The fraction of sp³-hybridized carbons (Fsp3) is 0.636. The first-order chi connectivity index (χ1) is 11.0. The van der Waals surface area contributed by atoms with Crippen molar-refractivity contribution >= 4 is 15.8 Å². The Balaban J connectivity index is 1.95. The Labute approximate surface area is 151 Å². The van der Waals surface area contributed by atoms with Crippen molar-refractivity contribution < 1.29 is 0 Å². The van der Waals surface area contributed by atoms with Gasteiger partial charge in [0.05, 0.1) is 0 Å². The zero-order valence-electron chi connectivity index (χ0n) is 17.0. The average Bonchev–Trinajstić information content (AvgIpc) is 3.00. The number of hydrogen-bond acceptors (Lipinski definition) is 0. The molecule has 0 aromatic carbocycles. The van der Waals surface area contributed by atoms with Crippen LogP contribution in [0, 0.1) is 10.8 Å². The molecule has 0 nitrogen and oxygen atoms in total. The van der Waals surface area contributed by atoms with Crippen LogP contribution in [-0.4, -0.2) is 11.3 Å². The van der Waals surface area contributed by atoms with Crippen molar-refractivity contribution in [1.82, 2.24) is 0 Å². The third kappa shape index (κ3) is 1.48. The van der Waals surface area contributed by atoms with Gasteiger partial charge in [-0.2, -0.15) is 0 Å². The van der Waals surface area contributed by atoms with Gasteiger partial charge < -0.3 is 0 Å². The first-order valence-corrected chi connectivity index (χ1v) is 12.2. The fourth-order valence-electron chi connectivity index (χ4n) is 6.19. The van der Waals surface area contributed by atoms with E-state index in [2.05, 4.69) is 69.2 Å². The van der Waals surface area contributed by atoms with E-state index in [-0.39, 0.29) is 15.8 Å². The van der Waals surface area contributed by atoms with E-state index in [9.17, 15) is 0 Å². The lowest BCUT2D eigenvalue weighted by atomic mass is 9.72. The van der Waals surface area contributed by atoms with E-state index >= 15 is 0 Å². The molecule has 0 aliphatic carbocycles. The van der Waals surface area contributed by atoms with Gasteiger partial charge >= 0.3 is 0 Å². The van der Waals surface area contributed by atoms with Gasteiger partial charge in [-0.3, -0.25) is 0 Å². The quantitative estimate of drug-likeness (QED) is 0.417. The molecule has 0 spiro atoms. The van der Waals surface area contributed by atoms with E-state index in [1.807, 2.05) is 10.6 Å². The molecule has 0 saturated carbocycles. The van der Waals surface area contributed by atoms with Crippen LogP contribution in [0.4, 0.5) is 0 Å². The molecule has 0 N–H and O–H groups in total. The van der Waals surface area contributed by atoms with Gasteiger partial charge in [-0.1, -0.05) is 50.0 Å². The second-order valence-corrected chi connectivity index (χ2v) is 14.1. The summed E-state index contributed by atoms with van der Waals surface area (Å²) in [5.41, 5.74) is 9.04. The summed E-state index contributed by atoms with van der Waals surface area (Å²) < 4.78 is 0. The van der Waals surface area contributed by atoms with Crippen molar-refractivity contribution in [2.45, 2.75) is 80.6 Å². The van der Waals surface area contributed by atoms with Crippen LogP contribution in [0.25, 0.3) is 0 Å². The Morgan fingerprint density at radius 3 is 1.12 bits per heavy atom. The minimum Gasteiger partial charge on any atom is -0.0589 e. The molecule has 2 heteroatoms. The molecule has 0 aromatic heterocycles. The average molecular weight is 358 g/mol. The van der Waals surface area contributed by atoms with Crippen LogP contribution < -0.4 is 0 Å². The number of fused-ring (bicyclic) bond motifs is 4. The lowest BCUT2D eigenvalue weighted by Gasteiger charge is -2.33. The maximum Gasteiger partial charge on any atom is 0.0173 e. The minimum atomic E-state index is -0.111. The smallest absolute Gasteiger partial charge is 0.0173 e. The van der Waals surface area contributed by atoms with Crippen molar-refractivity contribution in [3.8, 4) is 0 Å². The number of allylic oxidation sites excluding steroid dienone is 8. The highest BCUT2D eigenvalue weighted by Crippen LogP contribution is 2.86. The monoisotopic (exact) mass is 358 g/mol. The molecule has 0 aromatic rings. The topological polar surface area (TPSA) is 0 Å². The molecule has 4 rings (SSSR count). The van der Waals surface area contributed by atoms with Crippen LogP contribution in [0.3, 0.4) is 0 Å². The van der Waals surface area contributed by atoms with Crippen LogP contribution in [0.1, 0.15) is 69.2 Å². The van der Waals surface area contributed by atoms with E-state index in [0.717, 1.165) is 11.3 Å². The highest BCUT2D eigenvalue weighted by Gasteiger charge is 2.60. The summed E-state index contributed by atoms with van der Waals surface area (Å²) >= 11 is 0. The van der Waals surface area contributed by atoms with Crippen LogP contribution in [-0.2, 0) is 0 Å². The summed E-state index contributed by atoms with van der Waals surface area (Å²) in [7, 11) is -0.222. The van der Waals surface area contributed by atoms with E-state index in [1.165, 1.54) is 0 Å². The molecule has 4 bridgehead atoms. The van der Waals surface area contributed by atoms with E-state index in [0.29, 0.717) is 10.8 Å². The summed E-state index contributed by atoms with van der Waals surface area (Å²) in [6.45, 7) is 24.7. The van der Waals surface area contributed by atoms with Gasteiger partial charge in [-0.05, 0) is 90.0 Å². The van der Waals surface area contributed by atoms with Crippen LogP contribution >= 0.6 is 15.8 Å². The third-order valence-electron chi connectivity index (χ3n) is 8.79. The first-order valence-electron chi connectivity index (χ1n) is 9.39. The van der Waals surface area contributed by atoms with E-state index in [1.54, 1.807) is 32.9 Å². The zero-order valence-corrected chi connectivity index (χ0v) is 18.8. The van der Waals surface area contributed by atoms with Gasteiger partial charge in [0, 0.05) is 10.8 Å². The SMILES string of the molecule is CC1=C(C)[C@@]2(C)C(C)=C(C3=C(C)[C@@]4(C)C(C)=C(C)P3C4C)P1C2C. The van der Waals surface area contributed by atoms with Crippen LogP contribution in [0.2, 0.25) is 0 Å². The lowest BCUT2D eigenvalue weighted by Crippen LogP contribution is -2.24. The van der Waals surface area contributed by atoms with Crippen molar-refractivity contribution in [2.24, 2.45) is 10.8 Å².